The summed E-state index contributed by atoms with van der Waals surface area (Å²) in [7, 11) is 0. The Morgan fingerprint density at radius 1 is 1.29 bits per heavy atom. The minimum atomic E-state index is -0.513. The van der Waals surface area contributed by atoms with Gasteiger partial charge in [0.05, 0.1) is 26.7 Å². The van der Waals surface area contributed by atoms with Gasteiger partial charge in [-0.1, -0.05) is 43.1 Å². The fourth-order valence-corrected chi connectivity index (χ4v) is 3.53. The summed E-state index contributed by atoms with van der Waals surface area (Å²) in [5.41, 5.74) is 0.406. The van der Waals surface area contributed by atoms with Crippen molar-refractivity contribution in [3.8, 4) is 0 Å². The van der Waals surface area contributed by atoms with Gasteiger partial charge in [0.2, 0.25) is 0 Å². The van der Waals surface area contributed by atoms with E-state index in [4.69, 9.17) is 23.2 Å². The number of anilines is 1. The number of nitrogens with zero attached hydrogens (tertiary/aromatic N) is 1. The maximum absolute atomic E-state index is 10.8. The van der Waals surface area contributed by atoms with Gasteiger partial charge in [0.25, 0.3) is 5.69 Å². The molecule has 2 aromatic rings. The van der Waals surface area contributed by atoms with E-state index in [1.54, 1.807) is 11.3 Å². The van der Waals surface area contributed by atoms with E-state index in [-0.39, 0.29) is 21.8 Å². The standard InChI is InChI=1S/C14H14Cl2N2O2S/c1-8(2)13(12-4-3-5-21-12)17-14-10(15)6-9(18(19)20)7-11(14)16/h3-8,13,17H,1-2H3. The summed E-state index contributed by atoms with van der Waals surface area (Å²) in [6.45, 7) is 4.18. The highest BCUT2D eigenvalue weighted by Crippen LogP contribution is 2.39. The third-order valence-corrected chi connectivity index (χ3v) is 4.61. The lowest BCUT2D eigenvalue weighted by molar-refractivity contribution is -0.384. The Hall–Kier alpha value is -1.30. The number of rotatable bonds is 5. The summed E-state index contributed by atoms with van der Waals surface area (Å²) in [6, 6.07) is 6.68. The first-order valence-electron chi connectivity index (χ1n) is 6.33. The van der Waals surface area contributed by atoms with Crippen molar-refractivity contribution in [2.45, 2.75) is 19.9 Å². The Labute approximate surface area is 136 Å². The lowest BCUT2D eigenvalue weighted by atomic mass is 10.0. The number of nitro benzene ring substituents is 1. The van der Waals surface area contributed by atoms with Crippen LogP contribution < -0.4 is 5.32 Å². The smallest absolute Gasteiger partial charge is 0.272 e. The first-order chi connectivity index (χ1) is 9.90. The van der Waals surface area contributed by atoms with Crippen LogP contribution in [0.5, 0.6) is 0 Å². The summed E-state index contributed by atoms with van der Waals surface area (Å²) in [4.78, 5) is 11.5. The van der Waals surface area contributed by atoms with E-state index in [9.17, 15) is 10.1 Å². The number of thiophene rings is 1. The molecule has 0 saturated carbocycles. The molecule has 0 saturated heterocycles. The number of benzene rings is 1. The quantitative estimate of drug-likeness (QED) is 0.553. The molecule has 1 aromatic carbocycles. The second-order valence-electron chi connectivity index (χ2n) is 4.92. The third kappa shape index (κ3) is 3.67. The van der Waals surface area contributed by atoms with Crippen molar-refractivity contribution in [1.82, 2.24) is 0 Å². The van der Waals surface area contributed by atoms with Crippen LogP contribution in [0.1, 0.15) is 24.8 Å². The van der Waals surface area contributed by atoms with Crippen LogP contribution in [0.2, 0.25) is 10.0 Å². The van der Waals surface area contributed by atoms with Crippen LogP contribution in [0.25, 0.3) is 0 Å². The third-order valence-electron chi connectivity index (χ3n) is 3.05. The van der Waals surface area contributed by atoms with Gasteiger partial charge >= 0.3 is 0 Å². The molecule has 112 valence electrons. The molecule has 0 aliphatic rings. The molecule has 0 spiro atoms. The topological polar surface area (TPSA) is 55.2 Å². The van der Waals surface area contributed by atoms with Gasteiger partial charge in [-0.25, -0.2) is 0 Å². The SMILES string of the molecule is CC(C)C(Nc1c(Cl)cc([N+](=O)[O-])cc1Cl)c1cccs1. The van der Waals surface area contributed by atoms with E-state index in [1.165, 1.54) is 12.1 Å². The van der Waals surface area contributed by atoms with Gasteiger partial charge in [0.1, 0.15) is 0 Å². The van der Waals surface area contributed by atoms with Crippen molar-refractivity contribution >= 4 is 45.9 Å². The highest BCUT2D eigenvalue weighted by atomic mass is 35.5. The summed E-state index contributed by atoms with van der Waals surface area (Å²) >= 11 is 13.9. The van der Waals surface area contributed by atoms with Gasteiger partial charge in [-0.3, -0.25) is 10.1 Å². The number of non-ortho nitro benzene ring substituents is 1. The molecule has 0 aliphatic carbocycles. The lowest BCUT2D eigenvalue weighted by Gasteiger charge is -2.23. The van der Waals surface area contributed by atoms with Gasteiger partial charge in [-0.2, -0.15) is 0 Å². The molecular weight excluding hydrogens is 331 g/mol. The van der Waals surface area contributed by atoms with E-state index in [2.05, 4.69) is 19.2 Å². The van der Waals surface area contributed by atoms with Crippen LogP contribution in [-0.4, -0.2) is 4.92 Å². The molecule has 21 heavy (non-hydrogen) atoms. The monoisotopic (exact) mass is 344 g/mol. The maximum Gasteiger partial charge on any atom is 0.272 e. The summed E-state index contributed by atoms with van der Waals surface area (Å²) in [5, 5.41) is 16.6. The average Bonchev–Trinajstić information content (AvgIpc) is 2.90. The molecule has 7 heteroatoms. The molecule has 1 N–H and O–H groups in total. The maximum atomic E-state index is 10.8. The molecule has 0 fully saturated rings. The number of nitro groups is 1. The molecule has 0 amide bonds. The molecule has 0 radical (unpaired) electrons. The lowest BCUT2D eigenvalue weighted by Crippen LogP contribution is -2.16. The van der Waals surface area contributed by atoms with E-state index < -0.39 is 4.92 Å². The zero-order chi connectivity index (χ0) is 15.6. The molecular formula is C14H14Cl2N2O2S. The van der Waals surface area contributed by atoms with Crippen molar-refractivity contribution in [3.63, 3.8) is 0 Å². The predicted molar refractivity (Wildman–Crippen MR) is 88.6 cm³/mol. The highest BCUT2D eigenvalue weighted by Gasteiger charge is 2.21. The van der Waals surface area contributed by atoms with Crippen molar-refractivity contribution in [1.29, 1.82) is 0 Å². The minimum Gasteiger partial charge on any atom is -0.375 e. The fraction of sp³-hybridized carbons (Fsp3) is 0.286. The number of halogens is 2. The number of nitrogens with one attached hydrogen (secondary N) is 1. The van der Waals surface area contributed by atoms with Gasteiger partial charge < -0.3 is 5.32 Å². The van der Waals surface area contributed by atoms with Crippen molar-refractivity contribution < 1.29 is 4.92 Å². The van der Waals surface area contributed by atoms with Crippen molar-refractivity contribution in [2.75, 3.05) is 5.32 Å². The average molecular weight is 345 g/mol. The van der Waals surface area contributed by atoms with Gasteiger partial charge in [0, 0.05) is 17.0 Å². The van der Waals surface area contributed by atoms with E-state index >= 15 is 0 Å². The summed E-state index contributed by atoms with van der Waals surface area (Å²) in [6.07, 6.45) is 0. The fourth-order valence-electron chi connectivity index (χ4n) is 1.99. The Morgan fingerprint density at radius 3 is 2.33 bits per heavy atom. The summed E-state index contributed by atoms with van der Waals surface area (Å²) in [5.74, 6) is 0.311. The van der Waals surface area contributed by atoms with Crippen molar-refractivity contribution in [2.24, 2.45) is 5.92 Å². The van der Waals surface area contributed by atoms with Crippen LogP contribution in [0, 0.1) is 16.0 Å². The van der Waals surface area contributed by atoms with Crippen LogP contribution in [0.15, 0.2) is 29.6 Å². The Kier molecular flexibility index (Phi) is 5.08. The molecule has 4 nitrogen and oxygen atoms in total. The molecule has 1 unspecified atom stereocenters. The molecule has 1 atom stereocenters. The number of hydrogen-bond donors (Lipinski definition) is 1. The number of hydrogen-bond acceptors (Lipinski definition) is 4. The van der Waals surface area contributed by atoms with E-state index in [0.29, 0.717) is 11.6 Å². The molecule has 1 heterocycles. The van der Waals surface area contributed by atoms with Crippen LogP contribution in [-0.2, 0) is 0 Å². The second-order valence-corrected chi connectivity index (χ2v) is 6.72. The van der Waals surface area contributed by atoms with Crippen LogP contribution >= 0.6 is 34.5 Å². The van der Waals surface area contributed by atoms with Gasteiger partial charge in [-0.15, -0.1) is 11.3 Å². The Balaban J connectivity index is 2.36. The van der Waals surface area contributed by atoms with Crippen molar-refractivity contribution in [3.05, 3.63) is 54.7 Å². The molecule has 2 rings (SSSR count). The first kappa shape index (κ1) is 16.1. The zero-order valence-corrected chi connectivity index (χ0v) is 13.8. The highest BCUT2D eigenvalue weighted by molar-refractivity contribution is 7.10. The molecule has 0 aliphatic heterocycles. The first-order valence-corrected chi connectivity index (χ1v) is 7.97. The molecule has 1 aromatic heterocycles. The van der Waals surface area contributed by atoms with Gasteiger partial charge in [-0.05, 0) is 17.4 Å². The predicted octanol–water partition coefficient (Wildman–Crippen LogP) is 5.77. The molecule has 0 bridgehead atoms. The largest absolute Gasteiger partial charge is 0.375 e. The second kappa shape index (κ2) is 6.64. The normalized spacial score (nSPS) is 12.4. The minimum absolute atomic E-state index is 0.0430. The van der Waals surface area contributed by atoms with Crippen LogP contribution in [0.3, 0.4) is 0 Å². The Morgan fingerprint density at radius 2 is 1.90 bits per heavy atom. The van der Waals surface area contributed by atoms with E-state index in [1.807, 2.05) is 17.5 Å². The van der Waals surface area contributed by atoms with Gasteiger partial charge in [0.15, 0.2) is 0 Å². The zero-order valence-electron chi connectivity index (χ0n) is 11.5. The van der Waals surface area contributed by atoms with E-state index in [0.717, 1.165) is 4.88 Å². The summed E-state index contributed by atoms with van der Waals surface area (Å²) < 4.78 is 0. The Bertz CT molecular complexity index is 621. The van der Waals surface area contributed by atoms with Crippen LogP contribution in [0.4, 0.5) is 11.4 Å².